The van der Waals surface area contributed by atoms with E-state index in [9.17, 15) is 0 Å². The monoisotopic (exact) mass is 132 g/mol. The summed E-state index contributed by atoms with van der Waals surface area (Å²) in [5.74, 6) is 0. The topological polar surface area (TPSA) is 0 Å². The van der Waals surface area contributed by atoms with Crippen LogP contribution in [-0.4, -0.2) is 0 Å². The summed E-state index contributed by atoms with van der Waals surface area (Å²) in [6, 6.07) is 0. The number of hydrogen-bond donors (Lipinski definition) is 0. The molecule has 0 atom stereocenters. The number of rotatable bonds is 0. The van der Waals surface area contributed by atoms with Crippen LogP contribution in [0, 0.1) is 0 Å². The fourth-order valence-corrected chi connectivity index (χ4v) is 0.858. The van der Waals surface area contributed by atoms with Gasteiger partial charge in [0.1, 0.15) is 0 Å². The molecule has 1 aliphatic rings. The van der Waals surface area contributed by atoms with Crippen molar-refractivity contribution in [3.05, 3.63) is 48.6 Å². The minimum atomic E-state index is 1.02. The van der Waals surface area contributed by atoms with Gasteiger partial charge in [0.05, 0.1) is 0 Å². The molecule has 0 unspecified atom stereocenters. The molecule has 52 valence electrons. The molecule has 0 aromatic heterocycles. The molecule has 0 aromatic rings. The summed E-state index contributed by atoms with van der Waals surface area (Å²) in [4.78, 5) is 0. The zero-order chi connectivity index (χ0) is 7.40. The Morgan fingerprint density at radius 2 is 1.30 bits per heavy atom. The predicted octanol–water partition coefficient (Wildman–Crippen LogP) is 3.01. The van der Waals surface area contributed by atoms with Crippen LogP contribution in [0.25, 0.3) is 0 Å². The largest absolute Gasteiger partial charge is 0.0912 e. The Morgan fingerprint density at radius 1 is 0.900 bits per heavy atom. The maximum atomic E-state index is 3.86. The Hall–Kier alpha value is -1.04. The van der Waals surface area contributed by atoms with Crippen LogP contribution in [0.1, 0.15) is 12.8 Å². The zero-order valence-corrected chi connectivity index (χ0v) is 6.14. The van der Waals surface area contributed by atoms with Gasteiger partial charge in [-0.3, -0.25) is 0 Å². The smallest absolute Gasteiger partial charge is 0.0265 e. The Labute approximate surface area is 62.3 Å². The normalized spacial score (nSPS) is 18.8. The molecule has 1 rings (SSSR count). The molecule has 0 aromatic carbocycles. The third-order valence-corrected chi connectivity index (χ3v) is 1.55. The van der Waals surface area contributed by atoms with Crippen LogP contribution in [-0.2, 0) is 0 Å². The van der Waals surface area contributed by atoms with E-state index >= 15 is 0 Å². The van der Waals surface area contributed by atoms with Crippen molar-refractivity contribution in [3.63, 3.8) is 0 Å². The quantitative estimate of drug-likeness (QED) is 0.475. The first-order chi connectivity index (χ1) is 4.80. The lowest BCUT2D eigenvalue weighted by molar-refractivity contribution is 1.04. The van der Waals surface area contributed by atoms with E-state index in [1.54, 1.807) is 0 Å². The van der Waals surface area contributed by atoms with Crippen LogP contribution < -0.4 is 0 Å². The van der Waals surface area contributed by atoms with Gasteiger partial charge in [-0.15, -0.1) is 0 Å². The molecule has 0 heterocycles. The van der Waals surface area contributed by atoms with E-state index in [-0.39, 0.29) is 0 Å². The lowest BCUT2D eigenvalue weighted by Gasteiger charge is -2.01. The summed E-state index contributed by atoms with van der Waals surface area (Å²) in [5, 5.41) is 0. The minimum absolute atomic E-state index is 1.02. The summed E-state index contributed by atoms with van der Waals surface area (Å²) in [5.41, 5.74) is 2.05. The summed E-state index contributed by atoms with van der Waals surface area (Å²) >= 11 is 0. The summed E-state index contributed by atoms with van der Waals surface area (Å²) in [6.45, 7) is 7.72. The Bertz CT molecular complexity index is 180. The van der Waals surface area contributed by atoms with Crippen molar-refractivity contribution in [1.82, 2.24) is 0 Å². The fourth-order valence-electron chi connectivity index (χ4n) is 0.858. The van der Waals surface area contributed by atoms with Crippen molar-refractivity contribution in [2.75, 3.05) is 0 Å². The van der Waals surface area contributed by atoms with E-state index in [0.717, 1.165) is 24.0 Å². The van der Waals surface area contributed by atoms with Crippen LogP contribution in [0.5, 0.6) is 0 Å². The molecule has 10 heavy (non-hydrogen) atoms. The first-order valence-corrected chi connectivity index (χ1v) is 3.52. The van der Waals surface area contributed by atoms with Gasteiger partial charge < -0.3 is 0 Å². The van der Waals surface area contributed by atoms with E-state index in [1.165, 1.54) is 0 Å². The summed E-state index contributed by atoms with van der Waals surface area (Å²) < 4.78 is 0. The van der Waals surface area contributed by atoms with Crippen molar-refractivity contribution in [2.45, 2.75) is 12.8 Å². The van der Waals surface area contributed by atoms with Gasteiger partial charge in [-0.25, -0.2) is 0 Å². The lowest BCUT2D eigenvalue weighted by Crippen LogP contribution is -1.81. The highest BCUT2D eigenvalue weighted by Crippen LogP contribution is 2.12. The summed E-state index contributed by atoms with van der Waals surface area (Å²) in [6.07, 6.45) is 10.6. The second kappa shape index (κ2) is 3.21. The molecule has 0 bridgehead atoms. The van der Waals surface area contributed by atoms with Crippen LogP contribution >= 0.6 is 0 Å². The van der Waals surface area contributed by atoms with E-state index in [2.05, 4.69) is 25.3 Å². The van der Waals surface area contributed by atoms with E-state index in [1.807, 2.05) is 12.2 Å². The molecular weight excluding hydrogens is 120 g/mol. The molecule has 0 fully saturated rings. The Morgan fingerprint density at radius 3 is 1.70 bits per heavy atom. The SMILES string of the molecule is C=C1C=CCCC=CC1=C. The Balaban J connectivity index is 2.74. The van der Waals surface area contributed by atoms with Crippen molar-refractivity contribution in [3.8, 4) is 0 Å². The molecule has 0 nitrogen and oxygen atoms in total. The highest BCUT2D eigenvalue weighted by atomic mass is 14.0. The van der Waals surface area contributed by atoms with Crippen LogP contribution in [0.15, 0.2) is 48.6 Å². The highest BCUT2D eigenvalue weighted by molar-refractivity contribution is 5.43. The van der Waals surface area contributed by atoms with Gasteiger partial charge in [0.25, 0.3) is 0 Å². The predicted molar refractivity (Wildman–Crippen MR) is 45.8 cm³/mol. The number of allylic oxidation sites excluding steroid dienone is 6. The maximum absolute atomic E-state index is 3.86. The van der Waals surface area contributed by atoms with Gasteiger partial charge >= 0.3 is 0 Å². The average Bonchev–Trinajstić information content (AvgIpc) is 1.92. The van der Waals surface area contributed by atoms with E-state index in [4.69, 9.17) is 0 Å². The van der Waals surface area contributed by atoms with Crippen molar-refractivity contribution in [1.29, 1.82) is 0 Å². The van der Waals surface area contributed by atoms with Gasteiger partial charge in [-0.05, 0) is 24.0 Å². The first kappa shape index (κ1) is 7.07. The minimum Gasteiger partial charge on any atom is -0.0912 e. The van der Waals surface area contributed by atoms with Crippen LogP contribution in [0.3, 0.4) is 0 Å². The molecule has 0 spiro atoms. The first-order valence-electron chi connectivity index (χ1n) is 3.52. The Kier molecular flexibility index (Phi) is 2.27. The van der Waals surface area contributed by atoms with E-state index in [0.29, 0.717) is 0 Å². The zero-order valence-electron chi connectivity index (χ0n) is 6.14. The second-order valence-electron chi connectivity index (χ2n) is 2.43. The van der Waals surface area contributed by atoms with Crippen LogP contribution in [0.2, 0.25) is 0 Å². The lowest BCUT2D eigenvalue weighted by atomic mass is 10.1. The molecule has 1 aliphatic carbocycles. The third kappa shape index (κ3) is 1.73. The molecular formula is C10H12. The number of hydrogen-bond acceptors (Lipinski definition) is 0. The van der Waals surface area contributed by atoms with Crippen molar-refractivity contribution < 1.29 is 0 Å². The molecule has 0 aliphatic heterocycles. The van der Waals surface area contributed by atoms with Gasteiger partial charge in [0.2, 0.25) is 0 Å². The third-order valence-electron chi connectivity index (χ3n) is 1.55. The second-order valence-corrected chi connectivity index (χ2v) is 2.43. The maximum Gasteiger partial charge on any atom is -0.0265 e. The molecule has 0 saturated carbocycles. The van der Waals surface area contributed by atoms with Crippen molar-refractivity contribution >= 4 is 0 Å². The average molecular weight is 132 g/mol. The molecule has 0 N–H and O–H groups in total. The van der Waals surface area contributed by atoms with Gasteiger partial charge in [-0.1, -0.05) is 37.5 Å². The highest BCUT2D eigenvalue weighted by Gasteiger charge is 1.92. The summed E-state index contributed by atoms with van der Waals surface area (Å²) in [7, 11) is 0. The van der Waals surface area contributed by atoms with Gasteiger partial charge in [-0.2, -0.15) is 0 Å². The van der Waals surface area contributed by atoms with Gasteiger partial charge in [0, 0.05) is 0 Å². The standard InChI is InChI=1S/C10H12/c1-9-7-5-3-4-6-8-10(9)2/h5-8H,1-4H2. The fraction of sp³-hybridized carbons (Fsp3) is 0.200. The molecule has 0 saturated heterocycles. The molecule has 0 heteroatoms. The molecule has 0 amide bonds. The molecule has 0 radical (unpaired) electrons. The van der Waals surface area contributed by atoms with Gasteiger partial charge in [0.15, 0.2) is 0 Å². The van der Waals surface area contributed by atoms with Crippen LogP contribution in [0.4, 0.5) is 0 Å². The van der Waals surface area contributed by atoms with Crippen molar-refractivity contribution in [2.24, 2.45) is 0 Å². The van der Waals surface area contributed by atoms with E-state index < -0.39 is 0 Å².